The van der Waals surface area contributed by atoms with Gasteiger partial charge in [0.05, 0.1) is 12.5 Å². The number of benzene rings is 2. The number of urea groups is 1. The number of fused-ring (bicyclic) bond motifs is 1. The van der Waals surface area contributed by atoms with Crippen LogP contribution in [0.25, 0.3) is 0 Å². The Morgan fingerprint density at radius 3 is 2.41 bits per heavy atom. The third-order valence-corrected chi connectivity index (χ3v) is 7.66. The molecule has 2 aromatic rings. The SMILES string of the molecule is CCOC(=O)C(C)CN(CCc1ccccc1)C(=O)N1Cc2ccccc2C[C@H]1C(=O)ONC1CCCCC1. The standard InChI is InChI=1S/C31H41N3O5/c1-3-38-29(35)23(2)21-33(19-18-24-12-6-4-7-13-24)31(37)34-22-26-15-11-10-14-25(26)20-28(34)30(36)39-32-27-16-8-5-9-17-27/h4,6-7,10-15,23,27-28,32H,3,5,8-9,16-22H2,1-2H3/t23?,28-/m0/s1. The Labute approximate surface area is 231 Å². The molecule has 1 aliphatic heterocycles. The first kappa shape index (κ1) is 28.6. The zero-order valence-electron chi connectivity index (χ0n) is 23.1. The Kier molecular flexibility index (Phi) is 10.4. The van der Waals surface area contributed by atoms with Gasteiger partial charge in [-0.05, 0) is 42.9 Å². The summed E-state index contributed by atoms with van der Waals surface area (Å²) >= 11 is 0. The van der Waals surface area contributed by atoms with E-state index in [4.69, 9.17) is 9.57 Å². The average molecular weight is 536 g/mol. The predicted octanol–water partition coefficient (Wildman–Crippen LogP) is 4.66. The summed E-state index contributed by atoms with van der Waals surface area (Å²) in [5.74, 6) is -1.29. The Balaban J connectivity index is 1.54. The number of hydrogen-bond donors (Lipinski definition) is 1. The quantitative estimate of drug-likeness (QED) is 0.352. The van der Waals surface area contributed by atoms with Crippen molar-refractivity contribution in [2.75, 3.05) is 19.7 Å². The summed E-state index contributed by atoms with van der Waals surface area (Å²) in [4.78, 5) is 48.9. The molecule has 0 aromatic heterocycles. The fourth-order valence-electron chi connectivity index (χ4n) is 5.41. The van der Waals surface area contributed by atoms with Gasteiger partial charge in [-0.1, -0.05) is 80.8 Å². The molecule has 2 aliphatic rings. The summed E-state index contributed by atoms with van der Waals surface area (Å²) in [5.41, 5.74) is 6.12. The molecule has 8 heteroatoms. The number of amides is 2. The summed E-state index contributed by atoms with van der Waals surface area (Å²) in [6, 6.07) is 16.9. The molecule has 2 aromatic carbocycles. The summed E-state index contributed by atoms with van der Waals surface area (Å²) in [7, 11) is 0. The zero-order valence-corrected chi connectivity index (χ0v) is 23.1. The number of hydrogen-bond acceptors (Lipinski definition) is 6. The molecular weight excluding hydrogens is 494 g/mol. The van der Waals surface area contributed by atoms with E-state index in [9.17, 15) is 14.4 Å². The lowest BCUT2D eigenvalue weighted by Gasteiger charge is -2.39. The highest BCUT2D eigenvalue weighted by Gasteiger charge is 2.38. The Morgan fingerprint density at radius 1 is 1.00 bits per heavy atom. The van der Waals surface area contributed by atoms with Crippen LogP contribution in [0.15, 0.2) is 54.6 Å². The van der Waals surface area contributed by atoms with Crippen LogP contribution >= 0.6 is 0 Å². The van der Waals surface area contributed by atoms with E-state index in [2.05, 4.69) is 5.48 Å². The molecule has 1 saturated carbocycles. The first-order chi connectivity index (χ1) is 19.0. The lowest BCUT2D eigenvalue weighted by molar-refractivity contribution is -0.160. The number of hydroxylamine groups is 1. The van der Waals surface area contributed by atoms with Crippen molar-refractivity contribution < 1.29 is 24.0 Å². The maximum absolute atomic E-state index is 14.1. The Bertz CT molecular complexity index is 1100. The summed E-state index contributed by atoms with van der Waals surface area (Å²) in [6.45, 7) is 4.73. The second-order valence-corrected chi connectivity index (χ2v) is 10.6. The molecule has 2 amide bonds. The molecule has 0 saturated heterocycles. The van der Waals surface area contributed by atoms with Crippen LogP contribution in [-0.4, -0.2) is 59.5 Å². The lowest BCUT2D eigenvalue weighted by Crippen LogP contribution is -2.56. The minimum absolute atomic E-state index is 0.149. The second kappa shape index (κ2) is 14.1. The summed E-state index contributed by atoms with van der Waals surface area (Å²) in [6.07, 6.45) is 6.40. The Morgan fingerprint density at radius 2 is 1.69 bits per heavy atom. The molecule has 1 unspecified atom stereocenters. The van der Waals surface area contributed by atoms with Gasteiger partial charge in [0.2, 0.25) is 0 Å². The molecule has 1 aliphatic carbocycles. The van der Waals surface area contributed by atoms with Gasteiger partial charge in [0, 0.05) is 32.1 Å². The minimum Gasteiger partial charge on any atom is -0.466 e. The van der Waals surface area contributed by atoms with Gasteiger partial charge in [-0.25, -0.2) is 9.59 Å². The van der Waals surface area contributed by atoms with Crippen molar-refractivity contribution in [3.8, 4) is 0 Å². The van der Waals surface area contributed by atoms with Gasteiger partial charge in [0.1, 0.15) is 6.04 Å². The highest BCUT2D eigenvalue weighted by Crippen LogP contribution is 2.26. The second-order valence-electron chi connectivity index (χ2n) is 10.6. The van der Waals surface area contributed by atoms with E-state index in [0.29, 0.717) is 25.9 Å². The lowest BCUT2D eigenvalue weighted by atomic mass is 9.94. The number of nitrogens with one attached hydrogen (secondary N) is 1. The largest absolute Gasteiger partial charge is 0.466 e. The van der Waals surface area contributed by atoms with Crippen LogP contribution in [0.4, 0.5) is 4.79 Å². The molecule has 0 spiro atoms. The van der Waals surface area contributed by atoms with Crippen molar-refractivity contribution >= 4 is 18.0 Å². The van der Waals surface area contributed by atoms with Crippen molar-refractivity contribution in [1.82, 2.24) is 15.3 Å². The predicted molar refractivity (Wildman–Crippen MR) is 148 cm³/mol. The van der Waals surface area contributed by atoms with Gasteiger partial charge in [0.25, 0.3) is 0 Å². The molecule has 1 fully saturated rings. The van der Waals surface area contributed by atoms with Gasteiger partial charge in [-0.15, -0.1) is 5.48 Å². The van der Waals surface area contributed by atoms with Gasteiger partial charge >= 0.3 is 18.0 Å². The van der Waals surface area contributed by atoms with E-state index in [-0.39, 0.29) is 31.2 Å². The van der Waals surface area contributed by atoms with E-state index in [1.54, 1.807) is 23.6 Å². The van der Waals surface area contributed by atoms with Crippen LogP contribution in [0.1, 0.15) is 62.6 Å². The summed E-state index contributed by atoms with van der Waals surface area (Å²) < 4.78 is 5.22. The van der Waals surface area contributed by atoms with Crippen molar-refractivity contribution in [2.45, 2.75) is 77.4 Å². The van der Waals surface area contributed by atoms with Crippen LogP contribution in [0.5, 0.6) is 0 Å². The van der Waals surface area contributed by atoms with Crippen LogP contribution in [0.3, 0.4) is 0 Å². The third kappa shape index (κ3) is 7.82. The van der Waals surface area contributed by atoms with E-state index in [0.717, 1.165) is 42.4 Å². The first-order valence-electron chi connectivity index (χ1n) is 14.2. The molecule has 0 radical (unpaired) electrons. The number of esters is 1. The highest BCUT2D eigenvalue weighted by atomic mass is 16.7. The van der Waals surface area contributed by atoms with Gasteiger partial charge < -0.3 is 19.4 Å². The Hall–Kier alpha value is -3.39. The molecule has 4 rings (SSSR count). The van der Waals surface area contributed by atoms with E-state index < -0.39 is 17.9 Å². The molecule has 210 valence electrons. The maximum atomic E-state index is 14.1. The molecule has 0 bridgehead atoms. The van der Waals surface area contributed by atoms with E-state index >= 15 is 0 Å². The number of ether oxygens (including phenoxy) is 1. The first-order valence-corrected chi connectivity index (χ1v) is 14.2. The third-order valence-electron chi connectivity index (χ3n) is 7.66. The van der Waals surface area contributed by atoms with Gasteiger partial charge in [-0.2, -0.15) is 0 Å². The van der Waals surface area contributed by atoms with Crippen molar-refractivity contribution in [2.24, 2.45) is 5.92 Å². The van der Waals surface area contributed by atoms with Crippen molar-refractivity contribution in [3.05, 3.63) is 71.3 Å². The van der Waals surface area contributed by atoms with Crippen molar-refractivity contribution in [1.29, 1.82) is 0 Å². The monoisotopic (exact) mass is 535 g/mol. The number of nitrogens with zero attached hydrogens (tertiary/aromatic N) is 2. The molecule has 8 nitrogen and oxygen atoms in total. The zero-order chi connectivity index (χ0) is 27.6. The van der Waals surface area contributed by atoms with Crippen molar-refractivity contribution in [3.63, 3.8) is 0 Å². The maximum Gasteiger partial charge on any atom is 0.347 e. The molecule has 1 N–H and O–H groups in total. The number of carbonyl (C=O) groups is 3. The van der Waals surface area contributed by atoms with Crippen LogP contribution in [0, 0.1) is 5.92 Å². The summed E-state index contributed by atoms with van der Waals surface area (Å²) in [5, 5.41) is 0. The highest BCUT2D eigenvalue weighted by molar-refractivity contribution is 5.85. The normalized spacial score (nSPS) is 18.1. The average Bonchev–Trinajstić information content (AvgIpc) is 2.98. The number of carbonyl (C=O) groups excluding carboxylic acids is 3. The van der Waals surface area contributed by atoms with Gasteiger partial charge in [0.15, 0.2) is 0 Å². The molecular formula is C31H41N3O5. The smallest absolute Gasteiger partial charge is 0.347 e. The topological polar surface area (TPSA) is 88.2 Å². The van der Waals surface area contributed by atoms with E-state index in [1.807, 2.05) is 54.6 Å². The van der Waals surface area contributed by atoms with Crippen LogP contribution in [0.2, 0.25) is 0 Å². The molecule has 2 atom stereocenters. The van der Waals surface area contributed by atoms with Gasteiger partial charge in [-0.3, -0.25) is 4.79 Å². The van der Waals surface area contributed by atoms with E-state index in [1.165, 1.54) is 6.42 Å². The minimum atomic E-state index is -0.763. The number of rotatable bonds is 10. The fourth-order valence-corrected chi connectivity index (χ4v) is 5.41. The molecule has 39 heavy (non-hydrogen) atoms. The molecule has 1 heterocycles. The van der Waals surface area contributed by atoms with Crippen LogP contribution in [-0.2, 0) is 38.5 Å². The van der Waals surface area contributed by atoms with Crippen LogP contribution < -0.4 is 5.48 Å². The fraction of sp³-hybridized carbons (Fsp3) is 0.516.